The minimum atomic E-state index is -0.197. The Hall–Kier alpha value is -2.21. The number of hydrogen-bond donors (Lipinski definition) is 1. The van der Waals surface area contributed by atoms with Crippen molar-refractivity contribution in [3.8, 4) is 11.5 Å². The van der Waals surface area contributed by atoms with Gasteiger partial charge in [-0.25, -0.2) is 4.39 Å². The Kier molecular flexibility index (Phi) is 6.93. The summed E-state index contributed by atoms with van der Waals surface area (Å²) in [6, 6.07) is 11.7. The first-order valence-corrected chi connectivity index (χ1v) is 8.62. The van der Waals surface area contributed by atoms with Gasteiger partial charge in [0.25, 0.3) is 5.91 Å². The summed E-state index contributed by atoms with van der Waals surface area (Å²) in [5.74, 6) is 2.01. The van der Waals surface area contributed by atoms with E-state index < -0.39 is 0 Å². The monoisotopic (exact) mass is 349 g/mol. The lowest BCUT2D eigenvalue weighted by atomic mass is 10.2. The minimum Gasteiger partial charge on any atom is -0.497 e. The van der Waals surface area contributed by atoms with Crippen LogP contribution in [-0.4, -0.2) is 32.4 Å². The molecule has 1 amide bonds. The number of benzene rings is 2. The number of hydrogen-bond acceptors (Lipinski definition) is 4. The van der Waals surface area contributed by atoms with Crippen molar-refractivity contribution in [1.82, 2.24) is 5.32 Å². The van der Waals surface area contributed by atoms with Crippen LogP contribution in [0, 0.1) is 5.82 Å². The Morgan fingerprint density at radius 1 is 1.12 bits per heavy atom. The topological polar surface area (TPSA) is 47.6 Å². The van der Waals surface area contributed by atoms with Gasteiger partial charge in [0.15, 0.2) is 0 Å². The molecule has 0 aliphatic rings. The fourth-order valence-electron chi connectivity index (χ4n) is 2.07. The van der Waals surface area contributed by atoms with Crippen LogP contribution in [0.2, 0.25) is 0 Å². The molecule has 0 aliphatic carbocycles. The smallest absolute Gasteiger partial charge is 0.251 e. The van der Waals surface area contributed by atoms with E-state index in [0.717, 1.165) is 0 Å². The molecule has 2 rings (SSSR count). The van der Waals surface area contributed by atoms with Crippen LogP contribution < -0.4 is 14.8 Å². The third kappa shape index (κ3) is 5.16. The van der Waals surface area contributed by atoms with Crippen molar-refractivity contribution in [3.63, 3.8) is 0 Å². The summed E-state index contributed by atoms with van der Waals surface area (Å²) in [5.41, 5.74) is 1.15. The summed E-state index contributed by atoms with van der Waals surface area (Å²) in [7, 11) is 3.08. The zero-order valence-corrected chi connectivity index (χ0v) is 14.5. The third-order valence-corrected chi connectivity index (χ3v) is 4.37. The SMILES string of the molecule is COc1cc(OC)cc(C(=O)NCCSCc2ccccc2F)c1. The molecule has 0 bridgehead atoms. The van der Waals surface area contributed by atoms with Crippen LogP contribution in [-0.2, 0) is 5.75 Å². The van der Waals surface area contributed by atoms with E-state index in [1.165, 1.54) is 20.3 Å². The molecule has 1 N–H and O–H groups in total. The van der Waals surface area contributed by atoms with Crippen LogP contribution in [0.4, 0.5) is 4.39 Å². The molecule has 0 radical (unpaired) electrons. The standard InChI is InChI=1S/C18H20FNO3S/c1-22-15-9-14(10-16(11-15)23-2)18(21)20-7-8-24-12-13-5-3-4-6-17(13)19/h3-6,9-11H,7-8,12H2,1-2H3,(H,20,21). The van der Waals surface area contributed by atoms with Gasteiger partial charge in [-0.1, -0.05) is 18.2 Å². The number of methoxy groups -OCH3 is 2. The van der Waals surface area contributed by atoms with Crippen molar-refractivity contribution in [2.45, 2.75) is 5.75 Å². The van der Waals surface area contributed by atoms with E-state index in [-0.39, 0.29) is 11.7 Å². The maximum atomic E-state index is 13.5. The molecular formula is C18H20FNO3S. The molecular weight excluding hydrogens is 329 g/mol. The highest BCUT2D eigenvalue weighted by atomic mass is 32.2. The molecule has 0 fully saturated rings. The lowest BCUT2D eigenvalue weighted by Crippen LogP contribution is -2.25. The molecule has 2 aromatic rings. The second-order valence-electron chi connectivity index (χ2n) is 5.00. The van der Waals surface area contributed by atoms with Gasteiger partial charge in [0.05, 0.1) is 14.2 Å². The van der Waals surface area contributed by atoms with Gasteiger partial charge in [-0.2, -0.15) is 11.8 Å². The van der Waals surface area contributed by atoms with Gasteiger partial charge in [0, 0.05) is 29.7 Å². The average molecular weight is 349 g/mol. The third-order valence-electron chi connectivity index (χ3n) is 3.36. The van der Waals surface area contributed by atoms with Crippen molar-refractivity contribution in [1.29, 1.82) is 0 Å². The summed E-state index contributed by atoms with van der Waals surface area (Å²) >= 11 is 1.57. The molecule has 0 spiro atoms. The summed E-state index contributed by atoms with van der Waals surface area (Å²) in [6.45, 7) is 0.497. The van der Waals surface area contributed by atoms with Gasteiger partial charge in [-0.3, -0.25) is 4.79 Å². The first-order valence-electron chi connectivity index (χ1n) is 7.46. The highest BCUT2D eigenvalue weighted by Crippen LogP contribution is 2.22. The van der Waals surface area contributed by atoms with Crippen molar-refractivity contribution < 1.29 is 18.7 Å². The molecule has 24 heavy (non-hydrogen) atoms. The number of carbonyl (C=O) groups is 1. The van der Waals surface area contributed by atoms with Crippen LogP contribution >= 0.6 is 11.8 Å². The van der Waals surface area contributed by atoms with Gasteiger partial charge in [0.2, 0.25) is 0 Å². The van der Waals surface area contributed by atoms with E-state index in [4.69, 9.17) is 9.47 Å². The quantitative estimate of drug-likeness (QED) is 0.741. The highest BCUT2D eigenvalue weighted by molar-refractivity contribution is 7.98. The number of halogens is 1. The van der Waals surface area contributed by atoms with E-state index in [9.17, 15) is 9.18 Å². The molecule has 4 nitrogen and oxygen atoms in total. The predicted octanol–water partition coefficient (Wildman–Crippen LogP) is 3.51. The summed E-state index contributed by atoms with van der Waals surface area (Å²) in [5, 5.41) is 2.84. The van der Waals surface area contributed by atoms with Crippen LogP contribution in [0.3, 0.4) is 0 Å². The Bertz CT molecular complexity index is 671. The van der Waals surface area contributed by atoms with E-state index in [2.05, 4.69) is 5.32 Å². The Labute approximate surface area is 145 Å². The maximum Gasteiger partial charge on any atom is 0.251 e. The summed E-state index contributed by atoms with van der Waals surface area (Å²) in [6.07, 6.45) is 0. The molecule has 2 aromatic carbocycles. The fraction of sp³-hybridized carbons (Fsp3) is 0.278. The van der Waals surface area contributed by atoms with Crippen LogP contribution in [0.25, 0.3) is 0 Å². The first-order chi connectivity index (χ1) is 11.6. The van der Waals surface area contributed by atoms with Gasteiger partial charge < -0.3 is 14.8 Å². The number of amides is 1. The lowest BCUT2D eigenvalue weighted by molar-refractivity contribution is 0.0955. The summed E-state index contributed by atoms with van der Waals surface area (Å²) in [4.78, 5) is 12.2. The first kappa shape index (κ1) is 18.1. The molecule has 128 valence electrons. The zero-order chi connectivity index (χ0) is 17.4. The van der Waals surface area contributed by atoms with Gasteiger partial charge in [-0.15, -0.1) is 0 Å². The van der Waals surface area contributed by atoms with Crippen LogP contribution in [0.1, 0.15) is 15.9 Å². The van der Waals surface area contributed by atoms with Crippen LogP contribution in [0.5, 0.6) is 11.5 Å². The van der Waals surface area contributed by atoms with Crippen molar-refractivity contribution >= 4 is 17.7 Å². The normalized spacial score (nSPS) is 10.3. The average Bonchev–Trinajstić information content (AvgIpc) is 2.62. The number of nitrogens with one attached hydrogen (secondary N) is 1. The van der Waals surface area contributed by atoms with Crippen molar-refractivity contribution in [2.24, 2.45) is 0 Å². The van der Waals surface area contributed by atoms with Crippen molar-refractivity contribution in [2.75, 3.05) is 26.5 Å². The molecule has 0 atom stereocenters. The van der Waals surface area contributed by atoms with Crippen molar-refractivity contribution in [3.05, 3.63) is 59.4 Å². The highest BCUT2D eigenvalue weighted by Gasteiger charge is 2.09. The summed E-state index contributed by atoms with van der Waals surface area (Å²) < 4.78 is 23.8. The van der Waals surface area contributed by atoms with Gasteiger partial charge in [0.1, 0.15) is 17.3 Å². The largest absolute Gasteiger partial charge is 0.497 e. The molecule has 0 aromatic heterocycles. The predicted molar refractivity (Wildman–Crippen MR) is 94.4 cm³/mol. The Morgan fingerprint density at radius 2 is 1.79 bits per heavy atom. The zero-order valence-electron chi connectivity index (χ0n) is 13.7. The minimum absolute atomic E-state index is 0.196. The van der Waals surface area contributed by atoms with E-state index in [1.807, 2.05) is 6.07 Å². The molecule has 0 unspecified atom stereocenters. The fourth-order valence-corrected chi connectivity index (χ4v) is 2.92. The number of carbonyl (C=O) groups excluding carboxylic acids is 1. The second kappa shape index (κ2) is 9.17. The Morgan fingerprint density at radius 3 is 2.42 bits per heavy atom. The van der Waals surface area contributed by atoms with E-state index >= 15 is 0 Å². The molecule has 0 saturated heterocycles. The molecule has 0 heterocycles. The molecule has 6 heteroatoms. The van der Waals surface area contributed by atoms with E-state index in [1.54, 1.807) is 42.1 Å². The number of rotatable bonds is 8. The van der Waals surface area contributed by atoms with Gasteiger partial charge >= 0.3 is 0 Å². The maximum absolute atomic E-state index is 13.5. The number of thioether (sulfide) groups is 1. The second-order valence-corrected chi connectivity index (χ2v) is 6.11. The number of ether oxygens (including phenoxy) is 2. The molecule has 0 aliphatic heterocycles. The lowest BCUT2D eigenvalue weighted by Gasteiger charge is -2.09. The van der Waals surface area contributed by atoms with Crippen LogP contribution in [0.15, 0.2) is 42.5 Å². The Balaban J connectivity index is 1.80. The van der Waals surface area contributed by atoms with Gasteiger partial charge in [-0.05, 0) is 23.8 Å². The molecule has 0 saturated carbocycles. The van der Waals surface area contributed by atoms with E-state index in [0.29, 0.717) is 40.7 Å².